The van der Waals surface area contributed by atoms with Crippen molar-refractivity contribution in [1.82, 2.24) is 21.1 Å². The standard InChI is InChI=1S/C23H28N4O5S/c1-15(2)8-10-32-18-6-3-5-16(11-18)21(29)24-23(33)26-25-22(30)17-12-20(28)27(13-17)14-19-7-4-9-31-19/h3-7,9,11,15,17H,8,10,12-14H2,1-2H3,(H,25,30)(H2,24,26,29,33). The van der Waals surface area contributed by atoms with Crippen molar-refractivity contribution in [1.29, 1.82) is 0 Å². The van der Waals surface area contributed by atoms with Gasteiger partial charge in [-0.05, 0) is 54.9 Å². The van der Waals surface area contributed by atoms with Crippen LogP contribution in [0.4, 0.5) is 0 Å². The Morgan fingerprint density at radius 1 is 1.24 bits per heavy atom. The molecule has 176 valence electrons. The molecule has 1 atom stereocenters. The lowest BCUT2D eigenvalue weighted by atomic mass is 10.1. The fourth-order valence-electron chi connectivity index (χ4n) is 3.26. The van der Waals surface area contributed by atoms with Crippen LogP contribution >= 0.6 is 12.2 Å². The second-order valence-corrected chi connectivity index (χ2v) is 8.62. The van der Waals surface area contributed by atoms with Crippen molar-refractivity contribution in [2.75, 3.05) is 13.2 Å². The minimum Gasteiger partial charge on any atom is -0.494 e. The molecular weight excluding hydrogens is 444 g/mol. The number of hydrogen-bond donors (Lipinski definition) is 3. The summed E-state index contributed by atoms with van der Waals surface area (Å²) in [5, 5.41) is 2.45. The van der Waals surface area contributed by atoms with Crippen molar-refractivity contribution in [2.24, 2.45) is 11.8 Å². The second kappa shape index (κ2) is 11.5. The van der Waals surface area contributed by atoms with E-state index in [9.17, 15) is 14.4 Å². The summed E-state index contributed by atoms with van der Waals surface area (Å²) < 4.78 is 10.9. The summed E-state index contributed by atoms with van der Waals surface area (Å²) in [6.07, 6.45) is 2.55. The summed E-state index contributed by atoms with van der Waals surface area (Å²) in [7, 11) is 0. The van der Waals surface area contributed by atoms with Crippen LogP contribution in [-0.4, -0.2) is 40.9 Å². The molecule has 3 N–H and O–H groups in total. The number of likely N-dealkylation sites (tertiary alicyclic amines) is 1. The Bertz CT molecular complexity index is 992. The van der Waals surface area contributed by atoms with Gasteiger partial charge >= 0.3 is 0 Å². The van der Waals surface area contributed by atoms with Crippen LogP contribution in [-0.2, 0) is 16.1 Å². The molecule has 1 unspecified atom stereocenters. The molecule has 1 aliphatic heterocycles. The SMILES string of the molecule is CC(C)CCOc1cccc(C(=O)NC(=S)NNC(=O)C2CC(=O)N(Cc3ccco3)C2)c1. The Kier molecular flexibility index (Phi) is 8.42. The van der Waals surface area contributed by atoms with Crippen LogP contribution in [0.1, 0.15) is 42.8 Å². The lowest BCUT2D eigenvalue weighted by Crippen LogP contribution is -2.50. The summed E-state index contributed by atoms with van der Waals surface area (Å²) in [6, 6.07) is 10.3. The van der Waals surface area contributed by atoms with Gasteiger partial charge in [-0.2, -0.15) is 0 Å². The summed E-state index contributed by atoms with van der Waals surface area (Å²) in [4.78, 5) is 38.6. The molecular formula is C23H28N4O5S. The minimum atomic E-state index is -0.530. The van der Waals surface area contributed by atoms with E-state index < -0.39 is 11.8 Å². The number of nitrogens with one attached hydrogen (secondary N) is 3. The second-order valence-electron chi connectivity index (χ2n) is 8.21. The molecule has 0 aliphatic carbocycles. The van der Waals surface area contributed by atoms with Gasteiger partial charge in [0.1, 0.15) is 11.5 Å². The van der Waals surface area contributed by atoms with Crippen molar-refractivity contribution in [3.8, 4) is 5.75 Å². The zero-order chi connectivity index (χ0) is 23.8. The van der Waals surface area contributed by atoms with Crippen LogP contribution in [0.25, 0.3) is 0 Å². The van der Waals surface area contributed by atoms with E-state index in [4.69, 9.17) is 21.4 Å². The van der Waals surface area contributed by atoms with Crippen molar-refractivity contribution in [3.63, 3.8) is 0 Å². The molecule has 1 saturated heterocycles. The van der Waals surface area contributed by atoms with Gasteiger partial charge in [0, 0.05) is 18.5 Å². The van der Waals surface area contributed by atoms with Gasteiger partial charge in [-0.25, -0.2) is 0 Å². The molecule has 2 heterocycles. The predicted octanol–water partition coefficient (Wildman–Crippen LogP) is 2.39. The monoisotopic (exact) mass is 472 g/mol. The predicted molar refractivity (Wildman–Crippen MR) is 125 cm³/mol. The highest BCUT2D eigenvalue weighted by Crippen LogP contribution is 2.20. The van der Waals surface area contributed by atoms with E-state index in [1.54, 1.807) is 41.3 Å². The fraction of sp³-hybridized carbons (Fsp3) is 0.391. The van der Waals surface area contributed by atoms with Crippen LogP contribution in [0.15, 0.2) is 47.1 Å². The maximum atomic E-state index is 12.5. The molecule has 0 saturated carbocycles. The van der Waals surface area contributed by atoms with Crippen LogP contribution < -0.4 is 20.9 Å². The molecule has 0 radical (unpaired) electrons. The van der Waals surface area contributed by atoms with Crippen molar-refractivity contribution >= 4 is 35.1 Å². The molecule has 1 aliphatic rings. The Hall–Kier alpha value is -3.40. The fourth-order valence-corrected chi connectivity index (χ4v) is 3.40. The summed E-state index contributed by atoms with van der Waals surface area (Å²) in [5.41, 5.74) is 5.35. The minimum absolute atomic E-state index is 0.0590. The molecule has 1 aromatic heterocycles. The number of furan rings is 1. The first-order chi connectivity index (χ1) is 15.8. The number of carbonyl (C=O) groups is 3. The van der Waals surface area contributed by atoms with E-state index in [2.05, 4.69) is 30.0 Å². The number of hydrazine groups is 1. The van der Waals surface area contributed by atoms with Crippen molar-refractivity contribution in [2.45, 2.75) is 33.2 Å². The van der Waals surface area contributed by atoms with Crippen LogP contribution in [0.3, 0.4) is 0 Å². The normalized spacial score (nSPS) is 15.4. The Balaban J connectivity index is 1.43. The topological polar surface area (TPSA) is 113 Å². The average molecular weight is 473 g/mol. The Morgan fingerprint density at radius 2 is 2.06 bits per heavy atom. The molecule has 10 heteroatoms. The van der Waals surface area contributed by atoms with Crippen molar-refractivity contribution < 1.29 is 23.5 Å². The number of amides is 3. The van der Waals surface area contributed by atoms with E-state index in [0.717, 1.165) is 6.42 Å². The average Bonchev–Trinajstić information content (AvgIpc) is 3.42. The zero-order valence-electron chi connectivity index (χ0n) is 18.6. The highest BCUT2D eigenvalue weighted by Gasteiger charge is 2.34. The number of nitrogens with zero attached hydrogens (tertiary/aromatic N) is 1. The number of carbonyl (C=O) groups excluding carboxylic acids is 3. The molecule has 9 nitrogen and oxygen atoms in total. The number of hydrogen-bond acceptors (Lipinski definition) is 6. The molecule has 3 rings (SSSR count). The lowest BCUT2D eigenvalue weighted by molar-refractivity contribution is -0.129. The Labute approximate surface area is 197 Å². The van der Waals surface area contributed by atoms with E-state index in [1.165, 1.54) is 6.26 Å². The number of benzene rings is 1. The molecule has 1 fully saturated rings. The largest absolute Gasteiger partial charge is 0.494 e. The Morgan fingerprint density at radius 3 is 2.79 bits per heavy atom. The van der Waals surface area contributed by atoms with Gasteiger partial charge in [0.25, 0.3) is 5.91 Å². The van der Waals surface area contributed by atoms with Gasteiger partial charge in [-0.3, -0.25) is 30.6 Å². The summed E-state index contributed by atoms with van der Waals surface area (Å²) in [6.45, 7) is 5.38. The lowest BCUT2D eigenvalue weighted by Gasteiger charge is -2.16. The quantitative estimate of drug-likeness (QED) is 0.399. The molecule has 2 aromatic rings. The van der Waals surface area contributed by atoms with Gasteiger partial charge < -0.3 is 14.1 Å². The number of ether oxygens (including phenoxy) is 1. The van der Waals surface area contributed by atoms with E-state index in [1.807, 2.05) is 0 Å². The molecule has 0 bridgehead atoms. The summed E-state index contributed by atoms with van der Waals surface area (Å²) >= 11 is 5.10. The third-order valence-corrected chi connectivity index (χ3v) is 5.30. The molecule has 3 amide bonds. The maximum absolute atomic E-state index is 12.5. The van der Waals surface area contributed by atoms with E-state index >= 15 is 0 Å². The molecule has 33 heavy (non-hydrogen) atoms. The third kappa shape index (κ3) is 7.31. The smallest absolute Gasteiger partial charge is 0.257 e. The number of rotatable bonds is 8. The van der Waals surface area contributed by atoms with Crippen molar-refractivity contribution in [3.05, 3.63) is 54.0 Å². The van der Waals surface area contributed by atoms with Crippen LogP contribution in [0.2, 0.25) is 0 Å². The van der Waals surface area contributed by atoms with Crippen LogP contribution in [0.5, 0.6) is 5.75 Å². The van der Waals surface area contributed by atoms with E-state index in [0.29, 0.717) is 36.1 Å². The van der Waals surface area contributed by atoms with Gasteiger partial charge in [0.15, 0.2) is 5.11 Å². The third-order valence-electron chi connectivity index (χ3n) is 5.10. The first-order valence-electron chi connectivity index (χ1n) is 10.8. The van der Waals surface area contributed by atoms with Gasteiger partial charge in [-0.15, -0.1) is 0 Å². The zero-order valence-corrected chi connectivity index (χ0v) is 19.4. The van der Waals surface area contributed by atoms with E-state index in [-0.39, 0.29) is 29.9 Å². The van der Waals surface area contributed by atoms with Crippen LogP contribution in [0, 0.1) is 11.8 Å². The summed E-state index contributed by atoms with van der Waals surface area (Å²) in [5.74, 6) is 0.299. The first kappa shape index (κ1) is 24.2. The van der Waals surface area contributed by atoms with Gasteiger partial charge in [0.05, 0.1) is 25.3 Å². The molecule has 0 spiro atoms. The molecule has 1 aromatic carbocycles. The number of thiocarbonyl (C=S) groups is 1. The highest BCUT2D eigenvalue weighted by atomic mass is 32.1. The van der Waals surface area contributed by atoms with Gasteiger partial charge in [0.2, 0.25) is 11.8 Å². The van der Waals surface area contributed by atoms with Gasteiger partial charge in [-0.1, -0.05) is 19.9 Å². The maximum Gasteiger partial charge on any atom is 0.257 e. The highest BCUT2D eigenvalue weighted by molar-refractivity contribution is 7.80. The first-order valence-corrected chi connectivity index (χ1v) is 11.2.